The second kappa shape index (κ2) is 6.66. The maximum Gasteiger partial charge on any atom is 0.266 e. The summed E-state index contributed by atoms with van der Waals surface area (Å²) in [5.74, 6) is 0.0393. The molecule has 23 heavy (non-hydrogen) atoms. The van der Waals surface area contributed by atoms with Gasteiger partial charge in [-0.05, 0) is 43.0 Å². The van der Waals surface area contributed by atoms with E-state index in [1.54, 1.807) is 47.6 Å². The molecule has 0 radical (unpaired) electrons. The molecular formula is C17H15N3O2S. The van der Waals surface area contributed by atoms with Crippen LogP contribution in [0.4, 0.5) is 5.69 Å². The van der Waals surface area contributed by atoms with Crippen molar-refractivity contribution in [3.63, 3.8) is 0 Å². The second-order valence-corrected chi connectivity index (χ2v) is 5.83. The van der Waals surface area contributed by atoms with Crippen LogP contribution in [0.2, 0.25) is 0 Å². The highest BCUT2D eigenvalue weighted by Gasteiger charge is 2.32. The number of amidine groups is 1. The maximum absolute atomic E-state index is 12.5. The summed E-state index contributed by atoms with van der Waals surface area (Å²) in [5, 5.41) is 10.5. The molecular weight excluding hydrogens is 310 g/mol. The zero-order valence-corrected chi connectivity index (χ0v) is 13.3. The molecule has 0 bridgehead atoms. The molecule has 0 spiro atoms. The summed E-state index contributed by atoms with van der Waals surface area (Å²) >= 11 is 1.30. The fraction of sp³-hybridized carbons (Fsp3) is 0.118. The predicted molar refractivity (Wildman–Crippen MR) is 92.4 cm³/mol. The lowest BCUT2D eigenvalue weighted by Crippen LogP contribution is -2.28. The summed E-state index contributed by atoms with van der Waals surface area (Å²) in [4.78, 5) is 23.2. The van der Waals surface area contributed by atoms with E-state index in [4.69, 9.17) is 0 Å². The fourth-order valence-electron chi connectivity index (χ4n) is 2.15. The molecule has 1 amide bonds. The molecule has 1 aliphatic rings. The Morgan fingerprint density at radius 1 is 1.30 bits per heavy atom. The minimum atomic E-state index is -0.108. The Morgan fingerprint density at radius 3 is 2.83 bits per heavy atom. The van der Waals surface area contributed by atoms with Crippen LogP contribution >= 0.6 is 11.8 Å². The van der Waals surface area contributed by atoms with E-state index in [0.29, 0.717) is 27.9 Å². The molecule has 0 unspecified atom stereocenters. The Morgan fingerprint density at radius 2 is 2.13 bits per heavy atom. The summed E-state index contributed by atoms with van der Waals surface area (Å²) in [6.45, 7) is 2.43. The van der Waals surface area contributed by atoms with Crippen molar-refractivity contribution in [2.45, 2.75) is 6.92 Å². The molecule has 0 atom stereocenters. The highest BCUT2D eigenvalue weighted by molar-refractivity contribution is 8.18. The van der Waals surface area contributed by atoms with Gasteiger partial charge in [0, 0.05) is 18.3 Å². The van der Waals surface area contributed by atoms with Gasteiger partial charge in [-0.15, -0.1) is 0 Å². The zero-order chi connectivity index (χ0) is 16.2. The first-order valence-electron chi connectivity index (χ1n) is 7.17. The summed E-state index contributed by atoms with van der Waals surface area (Å²) < 4.78 is 0. The lowest BCUT2D eigenvalue weighted by atomic mass is 10.2. The molecule has 116 valence electrons. The topological polar surface area (TPSA) is 65.8 Å². The van der Waals surface area contributed by atoms with E-state index in [0.717, 1.165) is 0 Å². The number of nitrogens with zero attached hydrogens (tertiary/aromatic N) is 3. The van der Waals surface area contributed by atoms with E-state index >= 15 is 0 Å². The summed E-state index contributed by atoms with van der Waals surface area (Å²) in [7, 11) is 0. The first kappa shape index (κ1) is 15.3. The van der Waals surface area contributed by atoms with Gasteiger partial charge in [-0.3, -0.25) is 14.7 Å². The Labute approximate surface area is 138 Å². The van der Waals surface area contributed by atoms with Gasteiger partial charge in [0.15, 0.2) is 5.17 Å². The van der Waals surface area contributed by atoms with Crippen LogP contribution in [0.15, 0.2) is 58.7 Å². The molecule has 1 aromatic heterocycles. The number of carbonyl (C=O) groups excluding carboxylic acids is 1. The number of para-hydroxylation sites is 1. The van der Waals surface area contributed by atoms with Crippen LogP contribution < -0.4 is 0 Å². The molecule has 3 rings (SSSR count). The van der Waals surface area contributed by atoms with Gasteiger partial charge < -0.3 is 5.11 Å². The quantitative estimate of drug-likeness (QED) is 0.878. The molecule has 1 saturated heterocycles. The van der Waals surface area contributed by atoms with Gasteiger partial charge in [-0.2, -0.15) is 0 Å². The van der Waals surface area contributed by atoms with Crippen molar-refractivity contribution in [2.75, 3.05) is 6.54 Å². The third-order valence-corrected chi connectivity index (χ3v) is 4.30. The number of benzene rings is 1. The monoisotopic (exact) mass is 325 g/mol. The molecule has 0 aliphatic carbocycles. The van der Waals surface area contributed by atoms with E-state index in [9.17, 15) is 9.90 Å². The fourth-order valence-corrected chi connectivity index (χ4v) is 3.20. The van der Waals surface area contributed by atoms with Crippen molar-refractivity contribution in [3.05, 3.63) is 59.3 Å². The van der Waals surface area contributed by atoms with E-state index in [1.165, 1.54) is 11.8 Å². The summed E-state index contributed by atoms with van der Waals surface area (Å²) in [6, 6.07) is 10.6. The number of amides is 1. The molecule has 2 aromatic rings. The lowest BCUT2D eigenvalue weighted by molar-refractivity contribution is -0.122. The average molecular weight is 325 g/mol. The molecule has 1 aliphatic heterocycles. The normalized spacial score (nSPS) is 18.1. The van der Waals surface area contributed by atoms with Crippen LogP contribution in [0.3, 0.4) is 0 Å². The second-order valence-electron chi connectivity index (χ2n) is 4.82. The van der Waals surface area contributed by atoms with E-state index in [2.05, 4.69) is 9.98 Å². The minimum absolute atomic E-state index is 0.108. The molecule has 0 saturated carbocycles. The van der Waals surface area contributed by atoms with Crippen LogP contribution in [0, 0.1) is 0 Å². The summed E-state index contributed by atoms with van der Waals surface area (Å²) in [6.07, 6.45) is 5.02. The van der Waals surface area contributed by atoms with Crippen molar-refractivity contribution < 1.29 is 9.90 Å². The highest BCUT2D eigenvalue weighted by atomic mass is 32.2. The molecule has 2 heterocycles. The number of likely N-dealkylation sites (N-methyl/N-ethyl adjacent to an activating group) is 1. The molecule has 1 fully saturated rings. The van der Waals surface area contributed by atoms with Gasteiger partial charge in [0.25, 0.3) is 5.91 Å². The SMILES string of the molecule is CCN1C(=O)/C(=C/c2ccccc2O)SC1=Nc1cccnc1. The smallest absolute Gasteiger partial charge is 0.266 e. The van der Waals surface area contributed by atoms with Crippen molar-refractivity contribution in [1.82, 2.24) is 9.88 Å². The predicted octanol–water partition coefficient (Wildman–Crippen LogP) is 3.41. The van der Waals surface area contributed by atoms with Gasteiger partial charge in [-0.25, -0.2) is 4.99 Å². The number of phenols is 1. The number of thioether (sulfide) groups is 1. The maximum atomic E-state index is 12.5. The molecule has 1 aromatic carbocycles. The molecule has 1 N–H and O–H groups in total. The first-order valence-corrected chi connectivity index (χ1v) is 7.99. The van der Waals surface area contributed by atoms with E-state index in [-0.39, 0.29) is 11.7 Å². The number of carbonyl (C=O) groups is 1. The third kappa shape index (κ3) is 3.27. The number of aromatic nitrogens is 1. The van der Waals surface area contributed by atoms with Crippen LogP contribution in [0.5, 0.6) is 5.75 Å². The molecule has 5 nitrogen and oxygen atoms in total. The number of rotatable bonds is 3. The average Bonchev–Trinajstić information content (AvgIpc) is 2.85. The van der Waals surface area contributed by atoms with Crippen molar-refractivity contribution in [2.24, 2.45) is 4.99 Å². The molecule has 6 heteroatoms. The van der Waals surface area contributed by atoms with Crippen LogP contribution in [0.25, 0.3) is 6.08 Å². The van der Waals surface area contributed by atoms with Crippen molar-refractivity contribution in [1.29, 1.82) is 0 Å². The van der Waals surface area contributed by atoms with Gasteiger partial charge in [0.05, 0.1) is 16.8 Å². The zero-order valence-electron chi connectivity index (χ0n) is 12.5. The number of aromatic hydroxyl groups is 1. The Balaban J connectivity index is 1.95. The van der Waals surface area contributed by atoms with Crippen molar-refractivity contribution >= 4 is 34.6 Å². The van der Waals surface area contributed by atoms with Gasteiger partial charge in [0.2, 0.25) is 0 Å². The van der Waals surface area contributed by atoms with Gasteiger partial charge in [-0.1, -0.05) is 18.2 Å². The standard InChI is InChI=1S/C17H15N3O2S/c1-2-20-16(22)15(10-12-6-3-4-8-14(12)21)23-17(20)19-13-7-5-9-18-11-13/h3-11,21H,2H2,1H3/b15-10-,19-17?. The first-order chi connectivity index (χ1) is 11.2. The largest absolute Gasteiger partial charge is 0.507 e. The number of pyridine rings is 1. The van der Waals surface area contributed by atoms with Gasteiger partial charge >= 0.3 is 0 Å². The van der Waals surface area contributed by atoms with Gasteiger partial charge in [0.1, 0.15) is 5.75 Å². The third-order valence-electron chi connectivity index (χ3n) is 3.30. The highest BCUT2D eigenvalue weighted by Crippen LogP contribution is 2.34. The van der Waals surface area contributed by atoms with Crippen LogP contribution in [-0.4, -0.2) is 32.6 Å². The number of hydrogen-bond acceptors (Lipinski definition) is 5. The number of hydrogen-bond donors (Lipinski definition) is 1. The van der Waals surface area contributed by atoms with Crippen molar-refractivity contribution in [3.8, 4) is 5.75 Å². The number of aliphatic imine (C=N–C) groups is 1. The Kier molecular flexibility index (Phi) is 4.43. The Hall–Kier alpha value is -2.60. The van der Waals surface area contributed by atoms with Crippen LogP contribution in [-0.2, 0) is 4.79 Å². The van der Waals surface area contributed by atoms with Crippen LogP contribution in [0.1, 0.15) is 12.5 Å². The Bertz CT molecular complexity index is 787. The number of phenolic OH excluding ortho intramolecular Hbond substituents is 1. The lowest BCUT2D eigenvalue weighted by Gasteiger charge is -2.11. The van der Waals surface area contributed by atoms with E-state index < -0.39 is 0 Å². The summed E-state index contributed by atoms with van der Waals surface area (Å²) in [5.41, 5.74) is 1.31. The minimum Gasteiger partial charge on any atom is -0.507 e. The van der Waals surface area contributed by atoms with E-state index in [1.807, 2.05) is 19.1 Å².